The molecule has 0 radical (unpaired) electrons. The molecule has 8 unspecified atom stereocenters. The standard InChI is InChI=1S/C31H40IN3O10/c1-30(2,3)44-22(37)11-10-19(15-36)33-27(38)20-5-4-12-34(20)29(40)31-13-21-23-24(42-16-41-23)26(31)45-35(25(31)28(39)43-21)14-17-6-8-18(32)9-7-17/h6-9,19-21,23-26,36H,4-5,10-16H2,1-3H3,(H,33,38). The SMILES string of the molecule is CC(C)(C)OC(=O)CCC(CO)NC(=O)C1CCCN1C(=O)C12CC3OC(=O)C1N(Cc1ccc(I)cc1)OC2C1OCOC31. The number of halogens is 1. The van der Waals surface area contributed by atoms with E-state index in [1.807, 2.05) is 24.3 Å². The number of aliphatic hydroxyl groups is 1. The number of amides is 2. The van der Waals surface area contributed by atoms with Crippen molar-refractivity contribution >= 4 is 46.3 Å². The number of hydroxylamine groups is 2. The summed E-state index contributed by atoms with van der Waals surface area (Å²) in [6.07, 6.45) is -1.32. The molecular weight excluding hydrogens is 701 g/mol. The minimum Gasteiger partial charge on any atom is -0.460 e. The average molecular weight is 742 g/mol. The van der Waals surface area contributed by atoms with Gasteiger partial charge in [0.05, 0.1) is 19.2 Å². The van der Waals surface area contributed by atoms with Crippen molar-refractivity contribution < 1.29 is 48.1 Å². The van der Waals surface area contributed by atoms with Gasteiger partial charge in [-0.05, 0) is 80.3 Å². The Labute approximate surface area is 275 Å². The van der Waals surface area contributed by atoms with E-state index in [1.165, 1.54) is 5.06 Å². The topological polar surface area (TPSA) is 153 Å². The first kappa shape index (κ1) is 32.6. The molecule has 14 heteroatoms. The van der Waals surface area contributed by atoms with E-state index in [2.05, 4.69) is 27.9 Å². The van der Waals surface area contributed by atoms with Gasteiger partial charge in [0.1, 0.15) is 48.3 Å². The molecule has 0 aromatic heterocycles. The number of carbonyl (C=O) groups excluding carboxylic acids is 4. The van der Waals surface area contributed by atoms with Crippen LogP contribution in [0.15, 0.2) is 24.3 Å². The van der Waals surface area contributed by atoms with Crippen LogP contribution in [-0.4, -0.2) is 107 Å². The number of nitrogens with one attached hydrogen (secondary N) is 1. The molecule has 2 bridgehead atoms. The van der Waals surface area contributed by atoms with E-state index in [0.717, 1.165) is 9.13 Å². The fraction of sp³-hybridized carbons (Fsp3) is 0.677. The fourth-order valence-corrected chi connectivity index (χ4v) is 7.68. The number of hydrogen-bond donors (Lipinski definition) is 2. The first-order chi connectivity index (χ1) is 21.4. The van der Waals surface area contributed by atoms with Crippen molar-refractivity contribution in [3.8, 4) is 0 Å². The Morgan fingerprint density at radius 3 is 2.62 bits per heavy atom. The molecule has 6 rings (SSSR count). The lowest BCUT2D eigenvalue weighted by molar-refractivity contribution is -0.204. The first-order valence-corrected chi connectivity index (χ1v) is 16.5. The quantitative estimate of drug-likeness (QED) is 0.279. The molecule has 5 aliphatic rings. The molecule has 246 valence electrons. The zero-order valence-electron chi connectivity index (χ0n) is 25.6. The summed E-state index contributed by atoms with van der Waals surface area (Å²) in [7, 11) is 0. The van der Waals surface area contributed by atoms with Crippen LogP contribution >= 0.6 is 22.6 Å². The Kier molecular flexibility index (Phi) is 9.17. The summed E-state index contributed by atoms with van der Waals surface area (Å²) >= 11 is 2.22. The molecule has 45 heavy (non-hydrogen) atoms. The molecule has 1 aromatic rings. The van der Waals surface area contributed by atoms with Crippen molar-refractivity contribution in [2.45, 2.75) is 108 Å². The minimum atomic E-state index is -1.35. The van der Waals surface area contributed by atoms with Crippen molar-refractivity contribution in [3.05, 3.63) is 33.4 Å². The Morgan fingerprint density at radius 1 is 1.18 bits per heavy atom. The highest BCUT2D eigenvalue weighted by atomic mass is 127. The molecule has 5 fully saturated rings. The number of rotatable bonds is 9. The van der Waals surface area contributed by atoms with E-state index < -0.39 is 71.4 Å². The molecular formula is C31H40IN3O10. The zero-order chi connectivity index (χ0) is 32.1. The van der Waals surface area contributed by atoms with Gasteiger partial charge in [-0.1, -0.05) is 12.1 Å². The maximum absolute atomic E-state index is 14.8. The monoisotopic (exact) mass is 741 g/mol. The van der Waals surface area contributed by atoms with Gasteiger partial charge in [0.25, 0.3) is 0 Å². The zero-order valence-corrected chi connectivity index (χ0v) is 27.8. The lowest BCUT2D eigenvalue weighted by Gasteiger charge is -2.50. The molecule has 4 heterocycles. The van der Waals surface area contributed by atoms with Gasteiger partial charge in [-0.3, -0.25) is 24.0 Å². The fourth-order valence-electron chi connectivity index (χ4n) is 7.32. The summed E-state index contributed by atoms with van der Waals surface area (Å²) in [5, 5.41) is 14.3. The summed E-state index contributed by atoms with van der Waals surface area (Å²) in [6.45, 7) is 5.49. The number of hydrogen-bond acceptors (Lipinski definition) is 11. The van der Waals surface area contributed by atoms with Crippen LogP contribution in [0, 0.1) is 8.99 Å². The predicted molar refractivity (Wildman–Crippen MR) is 164 cm³/mol. The Morgan fingerprint density at radius 2 is 1.91 bits per heavy atom. The summed E-state index contributed by atoms with van der Waals surface area (Å²) in [4.78, 5) is 62.3. The van der Waals surface area contributed by atoms with Crippen LogP contribution in [0.25, 0.3) is 0 Å². The molecule has 4 aliphatic heterocycles. The largest absolute Gasteiger partial charge is 0.460 e. The molecule has 1 aliphatic carbocycles. The van der Waals surface area contributed by atoms with E-state index in [9.17, 15) is 24.3 Å². The number of ether oxygens (including phenoxy) is 4. The number of nitrogens with zero attached hydrogens (tertiary/aromatic N) is 2. The van der Waals surface area contributed by atoms with Crippen LogP contribution in [0.5, 0.6) is 0 Å². The second-order valence-electron chi connectivity index (χ2n) is 13.4. The molecule has 1 saturated carbocycles. The molecule has 8 atom stereocenters. The third-order valence-corrected chi connectivity index (χ3v) is 9.94. The Balaban J connectivity index is 1.23. The van der Waals surface area contributed by atoms with Gasteiger partial charge >= 0.3 is 11.9 Å². The lowest BCUT2D eigenvalue weighted by atomic mass is 9.62. The molecule has 13 nitrogen and oxygen atoms in total. The highest BCUT2D eigenvalue weighted by Gasteiger charge is 2.75. The van der Waals surface area contributed by atoms with Gasteiger partial charge in [-0.25, -0.2) is 0 Å². The maximum Gasteiger partial charge on any atom is 0.327 e. The van der Waals surface area contributed by atoms with Crippen LogP contribution in [0.3, 0.4) is 0 Å². The summed E-state index contributed by atoms with van der Waals surface area (Å²) < 4.78 is 24.0. The summed E-state index contributed by atoms with van der Waals surface area (Å²) in [5.74, 6) is -1.77. The number of esters is 2. The Hall–Kier alpha value is -2.37. The summed E-state index contributed by atoms with van der Waals surface area (Å²) in [5.41, 5.74) is -1.10. The van der Waals surface area contributed by atoms with E-state index >= 15 is 0 Å². The number of aliphatic hydroxyl groups excluding tert-OH is 1. The number of carbonyl (C=O) groups is 4. The van der Waals surface area contributed by atoms with E-state index in [-0.39, 0.29) is 45.1 Å². The Bertz CT molecular complexity index is 1320. The van der Waals surface area contributed by atoms with Crippen molar-refractivity contribution in [1.29, 1.82) is 0 Å². The van der Waals surface area contributed by atoms with Crippen molar-refractivity contribution in [3.63, 3.8) is 0 Å². The van der Waals surface area contributed by atoms with Crippen LogP contribution in [0.1, 0.15) is 58.4 Å². The van der Waals surface area contributed by atoms with Crippen LogP contribution in [0.4, 0.5) is 0 Å². The molecule has 4 saturated heterocycles. The maximum atomic E-state index is 14.8. The second kappa shape index (κ2) is 12.7. The van der Waals surface area contributed by atoms with Crippen molar-refractivity contribution in [2.75, 3.05) is 19.9 Å². The molecule has 2 amide bonds. The number of likely N-dealkylation sites (tertiary alicyclic amines) is 1. The van der Waals surface area contributed by atoms with Gasteiger partial charge in [0.2, 0.25) is 11.8 Å². The van der Waals surface area contributed by atoms with E-state index in [0.29, 0.717) is 19.4 Å². The predicted octanol–water partition coefficient (Wildman–Crippen LogP) is 1.42. The van der Waals surface area contributed by atoms with Crippen molar-refractivity contribution in [2.24, 2.45) is 5.41 Å². The first-order valence-electron chi connectivity index (χ1n) is 15.5. The lowest BCUT2D eigenvalue weighted by Crippen LogP contribution is -2.70. The smallest absolute Gasteiger partial charge is 0.327 e. The highest BCUT2D eigenvalue weighted by Crippen LogP contribution is 2.56. The molecule has 0 spiro atoms. The van der Waals surface area contributed by atoms with Crippen LogP contribution in [-0.2, 0) is 49.5 Å². The minimum absolute atomic E-state index is 0.00408. The van der Waals surface area contributed by atoms with Gasteiger partial charge in [0.15, 0.2) is 6.04 Å². The summed E-state index contributed by atoms with van der Waals surface area (Å²) in [6, 6.07) is 5.24. The van der Waals surface area contributed by atoms with Gasteiger partial charge < -0.3 is 34.3 Å². The van der Waals surface area contributed by atoms with Crippen LogP contribution < -0.4 is 5.32 Å². The van der Waals surface area contributed by atoms with E-state index in [1.54, 1.807) is 25.7 Å². The third kappa shape index (κ3) is 6.21. The number of fused-ring (bicyclic) bond motifs is 4. The van der Waals surface area contributed by atoms with Crippen molar-refractivity contribution in [1.82, 2.24) is 15.3 Å². The van der Waals surface area contributed by atoms with Gasteiger partial charge in [-0.2, -0.15) is 5.06 Å². The number of benzene rings is 1. The van der Waals surface area contributed by atoms with E-state index in [4.69, 9.17) is 23.8 Å². The average Bonchev–Trinajstić information content (AvgIpc) is 3.73. The normalized spacial score (nSPS) is 33.0. The van der Waals surface area contributed by atoms with Crippen LogP contribution in [0.2, 0.25) is 0 Å². The second-order valence-corrected chi connectivity index (χ2v) is 14.6. The van der Waals surface area contributed by atoms with Gasteiger partial charge in [-0.15, -0.1) is 0 Å². The third-order valence-electron chi connectivity index (χ3n) is 9.22. The van der Waals surface area contributed by atoms with Gasteiger partial charge in [0, 0.05) is 23.0 Å². The highest BCUT2D eigenvalue weighted by molar-refractivity contribution is 14.1. The molecule has 2 N–H and O–H groups in total. The molecule has 1 aromatic carbocycles.